The topological polar surface area (TPSA) is 49.8 Å². The molecule has 0 aliphatic rings. The van der Waals surface area contributed by atoms with E-state index in [2.05, 4.69) is 51.3 Å². The Morgan fingerprint density at radius 2 is 1.95 bits per heavy atom. The van der Waals surface area contributed by atoms with Crippen LogP contribution >= 0.6 is 11.3 Å². The molecule has 0 aliphatic carbocycles. The Bertz CT molecular complexity index is 496. The van der Waals surface area contributed by atoms with Gasteiger partial charge in [0, 0.05) is 25.6 Å². The van der Waals surface area contributed by atoms with E-state index in [1.165, 1.54) is 5.56 Å². The highest BCUT2D eigenvalue weighted by Gasteiger charge is 2.02. The van der Waals surface area contributed by atoms with E-state index in [4.69, 9.17) is 0 Å². The first-order valence-electron chi connectivity index (χ1n) is 6.68. The molecule has 19 heavy (non-hydrogen) atoms. The quantitative estimate of drug-likeness (QED) is 0.815. The van der Waals surface area contributed by atoms with E-state index in [9.17, 15) is 0 Å². The van der Waals surface area contributed by atoms with E-state index in [1.54, 1.807) is 11.3 Å². The van der Waals surface area contributed by atoms with Gasteiger partial charge in [-0.3, -0.25) is 0 Å². The fourth-order valence-electron chi connectivity index (χ4n) is 1.79. The van der Waals surface area contributed by atoms with E-state index in [0.29, 0.717) is 0 Å². The van der Waals surface area contributed by atoms with E-state index in [0.717, 1.165) is 43.4 Å². The summed E-state index contributed by atoms with van der Waals surface area (Å²) < 4.78 is 0. The van der Waals surface area contributed by atoms with Crippen LogP contribution in [-0.4, -0.2) is 23.1 Å². The Balaban J connectivity index is 1.96. The van der Waals surface area contributed by atoms with Crippen molar-refractivity contribution >= 4 is 23.0 Å². The summed E-state index contributed by atoms with van der Waals surface area (Å²) in [5.74, 6) is 2.67. The molecule has 2 heterocycles. The molecule has 2 aromatic heterocycles. The molecular formula is C14H20N4S. The van der Waals surface area contributed by atoms with Gasteiger partial charge in [0.05, 0.1) is 0 Å². The molecule has 0 atom stereocenters. The third-order valence-electron chi connectivity index (χ3n) is 2.75. The number of anilines is 2. The summed E-state index contributed by atoms with van der Waals surface area (Å²) in [5, 5.41) is 10.9. The molecule has 4 nitrogen and oxygen atoms in total. The van der Waals surface area contributed by atoms with Gasteiger partial charge in [0.2, 0.25) is 0 Å². The standard InChI is InChI=1S/C14H20N4S/c1-3-12-17-13(15-4-2)9-14(18-12)16-7-5-11-6-8-19-10-11/h6,8-10H,3-5,7H2,1-2H3,(H2,15,16,17,18). The van der Waals surface area contributed by atoms with Crippen molar-refractivity contribution in [2.75, 3.05) is 23.7 Å². The number of nitrogens with zero attached hydrogens (tertiary/aromatic N) is 2. The fraction of sp³-hybridized carbons (Fsp3) is 0.429. The predicted octanol–water partition coefficient (Wildman–Crippen LogP) is 3.19. The van der Waals surface area contributed by atoms with Crippen molar-refractivity contribution < 1.29 is 0 Å². The average Bonchev–Trinajstić information content (AvgIpc) is 2.92. The van der Waals surface area contributed by atoms with Crippen molar-refractivity contribution in [1.29, 1.82) is 0 Å². The Morgan fingerprint density at radius 3 is 2.58 bits per heavy atom. The second kappa shape index (κ2) is 7.09. The van der Waals surface area contributed by atoms with Crippen LogP contribution in [-0.2, 0) is 12.8 Å². The van der Waals surface area contributed by atoms with Crippen LogP contribution < -0.4 is 10.6 Å². The van der Waals surface area contributed by atoms with E-state index < -0.39 is 0 Å². The summed E-state index contributed by atoms with van der Waals surface area (Å²) in [7, 11) is 0. The van der Waals surface area contributed by atoms with Crippen LogP contribution in [0, 0.1) is 0 Å². The Labute approximate surface area is 118 Å². The van der Waals surface area contributed by atoms with Crippen molar-refractivity contribution in [2.45, 2.75) is 26.7 Å². The number of hydrogen-bond donors (Lipinski definition) is 2. The molecule has 0 aliphatic heterocycles. The number of aryl methyl sites for hydroxylation is 1. The first kappa shape index (κ1) is 13.8. The van der Waals surface area contributed by atoms with Crippen molar-refractivity contribution in [3.8, 4) is 0 Å². The maximum Gasteiger partial charge on any atom is 0.132 e. The minimum Gasteiger partial charge on any atom is -0.370 e. The lowest BCUT2D eigenvalue weighted by molar-refractivity contribution is 0.923. The van der Waals surface area contributed by atoms with Crippen LogP contribution in [0.25, 0.3) is 0 Å². The zero-order valence-corrected chi connectivity index (χ0v) is 12.3. The summed E-state index contributed by atoms with van der Waals surface area (Å²) in [6.07, 6.45) is 1.87. The zero-order valence-electron chi connectivity index (χ0n) is 11.4. The van der Waals surface area contributed by atoms with Crippen molar-refractivity contribution in [3.63, 3.8) is 0 Å². The average molecular weight is 276 g/mol. The van der Waals surface area contributed by atoms with Crippen LogP contribution in [0.15, 0.2) is 22.9 Å². The van der Waals surface area contributed by atoms with E-state index in [-0.39, 0.29) is 0 Å². The second-order valence-electron chi connectivity index (χ2n) is 4.25. The van der Waals surface area contributed by atoms with Crippen LogP contribution in [0.2, 0.25) is 0 Å². The van der Waals surface area contributed by atoms with Gasteiger partial charge < -0.3 is 10.6 Å². The maximum atomic E-state index is 4.49. The van der Waals surface area contributed by atoms with Gasteiger partial charge >= 0.3 is 0 Å². The third kappa shape index (κ3) is 4.21. The SMILES string of the molecule is CCNc1cc(NCCc2ccsc2)nc(CC)n1. The lowest BCUT2D eigenvalue weighted by Gasteiger charge is -2.09. The van der Waals surface area contributed by atoms with Crippen LogP contribution in [0.1, 0.15) is 25.2 Å². The van der Waals surface area contributed by atoms with E-state index in [1.807, 2.05) is 6.07 Å². The molecule has 2 rings (SSSR count). The Kier molecular flexibility index (Phi) is 5.15. The second-order valence-corrected chi connectivity index (χ2v) is 5.03. The maximum absolute atomic E-state index is 4.49. The summed E-state index contributed by atoms with van der Waals surface area (Å²) in [6.45, 7) is 5.90. The van der Waals surface area contributed by atoms with Crippen molar-refractivity contribution in [1.82, 2.24) is 9.97 Å². The van der Waals surface area contributed by atoms with Gasteiger partial charge in [0.1, 0.15) is 17.5 Å². The predicted molar refractivity (Wildman–Crippen MR) is 82.1 cm³/mol. The lowest BCUT2D eigenvalue weighted by Crippen LogP contribution is -2.10. The number of rotatable bonds is 7. The Morgan fingerprint density at radius 1 is 1.16 bits per heavy atom. The molecule has 0 radical (unpaired) electrons. The molecule has 0 amide bonds. The van der Waals surface area contributed by atoms with Gasteiger partial charge in [-0.1, -0.05) is 6.92 Å². The minimum absolute atomic E-state index is 0.846. The molecule has 0 aromatic carbocycles. The summed E-state index contributed by atoms with van der Waals surface area (Å²) >= 11 is 1.74. The molecule has 0 bridgehead atoms. The number of hydrogen-bond acceptors (Lipinski definition) is 5. The lowest BCUT2D eigenvalue weighted by atomic mass is 10.2. The Hall–Kier alpha value is -1.62. The largest absolute Gasteiger partial charge is 0.370 e. The summed E-state index contributed by atoms with van der Waals surface area (Å²) in [4.78, 5) is 8.93. The fourth-order valence-corrected chi connectivity index (χ4v) is 2.49. The normalized spacial score (nSPS) is 10.4. The number of nitrogens with one attached hydrogen (secondary N) is 2. The molecule has 0 spiro atoms. The number of aromatic nitrogens is 2. The molecule has 2 N–H and O–H groups in total. The molecule has 0 fully saturated rings. The van der Waals surface area contributed by atoms with Gasteiger partial charge in [-0.05, 0) is 35.7 Å². The van der Waals surface area contributed by atoms with Gasteiger partial charge in [-0.25, -0.2) is 9.97 Å². The zero-order chi connectivity index (χ0) is 13.5. The molecule has 0 unspecified atom stereocenters. The van der Waals surface area contributed by atoms with Crippen molar-refractivity contribution in [3.05, 3.63) is 34.3 Å². The monoisotopic (exact) mass is 276 g/mol. The smallest absolute Gasteiger partial charge is 0.132 e. The first-order valence-corrected chi connectivity index (χ1v) is 7.63. The first-order chi connectivity index (χ1) is 9.31. The van der Waals surface area contributed by atoms with Crippen LogP contribution in [0.3, 0.4) is 0 Å². The summed E-state index contributed by atoms with van der Waals surface area (Å²) in [5.41, 5.74) is 1.37. The van der Waals surface area contributed by atoms with E-state index >= 15 is 0 Å². The van der Waals surface area contributed by atoms with Gasteiger partial charge in [-0.15, -0.1) is 0 Å². The van der Waals surface area contributed by atoms with Gasteiger partial charge in [0.15, 0.2) is 0 Å². The van der Waals surface area contributed by atoms with Crippen molar-refractivity contribution in [2.24, 2.45) is 0 Å². The molecule has 5 heteroatoms. The summed E-state index contributed by atoms with van der Waals surface area (Å²) in [6, 6.07) is 4.13. The highest BCUT2D eigenvalue weighted by Crippen LogP contribution is 2.12. The molecule has 0 saturated heterocycles. The van der Waals surface area contributed by atoms with Gasteiger partial charge in [0.25, 0.3) is 0 Å². The van der Waals surface area contributed by atoms with Gasteiger partial charge in [-0.2, -0.15) is 11.3 Å². The number of thiophene rings is 1. The highest BCUT2D eigenvalue weighted by atomic mass is 32.1. The van der Waals surface area contributed by atoms with Crippen LogP contribution in [0.4, 0.5) is 11.6 Å². The minimum atomic E-state index is 0.846. The molecule has 102 valence electrons. The third-order valence-corrected chi connectivity index (χ3v) is 3.48. The molecule has 0 saturated carbocycles. The highest BCUT2D eigenvalue weighted by molar-refractivity contribution is 7.07. The molecular weight excluding hydrogens is 256 g/mol. The van der Waals surface area contributed by atoms with Crippen LogP contribution in [0.5, 0.6) is 0 Å². The molecule has 2 aromatic rings.